The molecule has 26 heavy (non-hydrogen) atoms. The maximum absolute atomic E-state index is 14.5. The minimum Gasteiger partial charge on any atom is -0.479 e. The molecule has 1 fully saturated rings. The van der Waals surface area contributed by atoms with Crippen LogP contribution in [0.3, 0.4) is 0 Å². The molecule has 0 radical (unpaired) electrons. The Bertz CT molecular complexity index is 974. The maximum atomic E-state index is 14.5. The number of carboxylic acid groups (broad SMARTS) is 1. The number of hydrogen-bond donors (Lipinski definition) is 1. The molecule has 1 saturated heterocycles. The van der Waals surface area contributed by atoms with Gasteiger partial charge in [-0.15, -0.1) is 0 Å². The van der Waals surface area contributed by atoms with Gasteiger partial charge in [-0.2, -0.15) is 4.39 Å². The van der Waals surface area contributed by atoms with Crippen molar-refractivity contribution >= 4 is 17.5 Å². The largest absolute Gasteiger partial charge is 0.479 e. The first-order valence-electron chi connectivity index (χ1n) is 8.17. The Morgan fingerprint density at radius 1 is 1.19 bits per heavy atom. The fourth-order valence-electron chi connectivity index (χ4n) is 3.43. The molecule has 4 rings (SSSR count). The molecule has 9 heteroatoms. The molecule has 0 aromatic carbocycles. The first-order chi connectivity index (χ1) is 12.5. The van der Waals surface area contributed by atoms with Gasteiger partial charge in [0.1, 0.15) is 11.2 Å². The number of rotatable bonds is 3. The van der Waals surface area contributed by atoms with E-state index < -0.39 is 23.4 Å². The zero-order chi connectivity index (χ0) is 18.3. The van der Waals surface area contributed by atoms with E-state index in [9.17, 15) is 19.1 Å². The lowest BCUT2D eigenvalue weighted by atomic mass is 9.87. The average Bonchev–Trinajstić information content (AvgIpc) is 3.30. The summed E-state index contributed by atoms with van der Waals surface area (Å²) in [4.78, 5) is 34.0. The lowest BCUT2D eigenvalue weighted by molar-refractivity contribution is -0.150. The van der Waals surface area contributed by atoms with E-state index in [1.807, 2.05) is 0 Å². The number of piperidine rings is 1. The lowest BCUT2D eigenvalue weighted by Crippen LogP contribution is -2.52. The second-order valence-corrected chi connectivity index (χ2v) is 6.28. The highest BCUT2D eigenvalue weighted by Gasteiger charge is 2.44. The molecule has 4 heterocycles. The monoisotopic (exact) mass is 357 g/mol. The van der Waals surface area contributed by atoms with Crippen LogP contribution in [-0.2, 0) is 10.3 Å². The summed E-state index contributed by atoms with van der Waals surface area (Å²) in [5.41, 5.74) is -1.05. The molecular formula is C17H16FN5O3. The number of fused-ring (bicyclic) bond motifs is 1. The van der Waals surface area contributed by atoms with Gasteiger partial charge in [0.25, 0.3) is 5.91 Å². The molecule has 1 aliphatic rings. The number of aliphatic carboxylic acids is 1. The number of halogens is 1. The summed E-state index contributed by atoms with van der Waals surface area (Å²) >= 11 is 0. The molecule has 3 aromatic heterocycles. The van der Waals surface area contributed by atoms with E-state index in [1.54, 1.807) is 29.0 Å². The number of amides is 1. The summed E-state index contributed by atoms with van der Waals surface area (Å²) in [5.74, 6) is -2.22. The summed E-state index contributed by atoms with van der Waals surface area (Å²) < 4.78 is 17.3. The van der Waals surface area contributed by atoms with Crippen molar-refractivity contribution in [3.63, 3.8) is 0 Å². The molecule has 0 saturated carbocycles. The van der Waals surface area contributed by atoms with Gasteiger partial charge in [-0.25, -0.2) is 14.8 Å². The van der Waals surface area contributed by atoms with E-state index in [0.29, 0.717) is 5.65 Å². The fourth-order valence-corrected chi connectivity index (χ4v) is 3.43. The number of carbonyl (C=O) groups is 2. The standard InChI is InChI=1S/C17H16FN5O3/c18-14-13(20-12-3-1-2-7-23(12)14)15(24)21-8-4-17(5-9-21,16(25)26)22-10-6-19-11-22/h1-3,6-7,10-11H,4-5,8-9H2,(H,25,26). The molecule has 0 aliphatic carbocycles. The van der Waals surface area contributed by atoms with Crippen molar-refractivity contribution in [3.8, 4) is 0 Å². The molecule has 1 aliphatic heterocycles. The highest BCUT2D eigenvalue weighted by Crippen LogP contribution is 2.31. The first kappa shape index (κ1) is 16.2. The summed E-state index contributed by atoms with van der Waals surface area (Å²) in [5, 5.41) is 9.71. The van der Waals surface area contributed by atoms with E-state index in [2.05, 4.69) is 9.97 Å². The van der Waals surface area contributed by atoms with Gasteiger partial charge in [0.15, 0.2) is 5.69 Å². The van der Waals surface area contributed by atoms with E-state index in [1.165, 1.54) is 28.0 Å². The predicted molar refractivity (Wildman–Crippen MR) is 88.1 cm³/mol. The third-order valence-electron chi connectivity index (χ3n) is 4.95. The SMILES string of the molecule is O=C(c1nc2ccccn2c1F)N1CCC(C(=O)O)(n2ccnc2)CC1. The zero-order valence-electron chi connectivity index (χ0n) is 13.7. The van der Waals surface area contributed by atoms with Crippen LogP contribution in [0.1, 0.15) is 23.3 Å². The van der Waals surface area contributed by atoms with E-state index >= 15 is 0 Å². The second-order valence-electron chi connectivity index (χ2n) is 6.28. The molecule has 1 N–H and O–H groups in total. The van der Waals surface area contributed by atoms with Crippen molar-refractivity contribution in [2.45, 2.75) is 18.4 Å². The van der Waals surface area contributed by atoms with Crippen molar-refractivity contribution in [3.05, 3.63) is 54.8 Å². The van der Waals surface area contributed by atoms with Crippen molar-refractivity contribution in [1.29, 1.82) is 0 Å². The molecule has 0 spiro atoms. The molecule has 1 amide bonds. The summed E-state index contributed by atoms with van der Waals surface area (Å²) in [6.07, 6.45) is 6.51. The number of hydrogen-bond acceptors (Lipinski definition) is 4. The molecule has 8 nitrogen and oxygen atoms in total. The number of carboxylic acids is 1. The minimum atomic E-state index is -1.15. The van der Waals surface area contributed by atoms with Crippen molar-refractivity contribution < 1.29 is 19.1 Å². The highest BCUT2D eigenvalue weighted by molar-refractivity contribution is 5.93. The van der Waals surface area contributed by atoms with Crippen LogP contribution in [0.2, 0.25) is 0 Å². The van der Waals surface area contributed by atoms with Crippen LogP contribution < -0.4 is 0 Å². The van der Waals surface area contributed by atoms with Crippen LogP contribution >= 0.6 is 0 Å². The van der Waals surface area contributed by atoms with E-state index in [0.717, 1.165) is 0 Å². The van der Waals surface area contributed by atoms with Crippen molar-refractivity contribution in [1.82, 2.24) is 23.8 Å². The first-order valence-corrected chi connectivity index (χ1v) is 8.17. The zero-order valence-corrected chi connectivity index (χ0v) is 13.7. The van der Waals surface area contributed by atoms with E-state index in [-0.39, 0.29) is 31.6 Å². The lowest BCUT2D eigenvalue weighted by Gasteiger charge is -2.39. The Kier molecular flexibility index (Phi) is 3.71. The van der Waals surface area contributed by atoms with Gasteiger partial charge in [0.05, 0.1) is 6.33 Å². The number of imidazole rings is 2. The van der Waals surface area contributed by atoms with Gasteiger partial charge < -0.3 is 14.6 Å². The Morgan fingerprint density at radius 2 is 1.96 bits per heavy atom. The van der Waals surface area contributed by atoms with Crippen molar-refractivity contribution in [2.75, 3.05) is 13.1 Å². The Morgan fingerprint density at radius 3 is 2.58 bits per heavy atom. The number of likely N-dealkylation sites (tertiary alicyclic amines) is 1. The van der Waals surface area contributed by atoms with Gasteiger partial charge in [-0.3, -0.25) is 9.20 Å². The number of carbonyl (C=O) groups excluding carboxylic acids is 1. The topological polar surface area (TPSA) is 92.7 Å². The van der Waals surface area contributed by atoms with Crippen LogP contribution in [0.15, 0.2) is 43.1 Å². The Balaban J connectivity index is 1.58. The minimum absolute atomic E-state index is 0.191. The molecule has 0 bridgehead atoms. The quantitative estimate of drug-likeness (QED) is 0.765. The molecule has 3 aromatic rings. The molecule has 0 atom stereocenters. The van der Waals surface area contributed by atoms with Gasteiger partial charge in [-0.05, 0) is 25.0 Å². The van der Waals surface area contributed by atoms with Gasteiger partial charge >= 0.3 is 5.97 Å². The number of aromatic nitrogens is 4. The third-order valence-corrected chi connectivity index (χ3v) is 4.95. The summed E-state index contributed by atoms with van der Waals surface area (Å²) in [6, 6.07) is 4.98. The van der Waals surface area contributed by atoms with Gasteiger partial charge in [0.2, 0.25) is 5.95 Å². The van der Waals surface area contributed by atoms with Crippen LogP contribution in [0.5, 0.6) is 0 Å². The molecule has 0 unspecified atom stereocenters. The smallest absolute Gasteiger partial charge is 0.330 e. The molecular weight excluding hydrogens is 341 g/mol. The molecule has 134 valence electrons. The van der Waals surface area contributed by atoms with Crippen LogP contribution in [0, 0.1) is 5.95 Å². The number of pyridine rings is 1. The van der Waals surface area contributed by atoms with E-state index in [4.69, 9.17) is 0 Å². The third kappa shape index (κ3) is 2.35. The number of nitrogens with zero attached hydrogens (tertiary/aromatic N) is 5. The van der Waals surface area contributed by atoms with Gasteiger partial charge in [0, 0.05) is 31.7 Å². The maximum Gasteiger partial charge on any atom is 0.330 e. The summed E-state index contributed by atoms with van der Waals surface area (Å²) in [7, 11) is 0. The summed E-state index contributed by atoms with van der Waals surface area (Å²) in [6.45, 7) is 0.382. The normalized spacial score (nSPS) is 16.7. The fraction of sp³-hybridized carbons (Fsp3) is 0.294. The van der Waals surface area contributed by atoms with Crippen LogP contribution in [0.25, 0.3) is 5.65 Å². The van der Waals surface area contributed by atoms with Crippen LogP contribution in [0.4, 0.5) is 4.39 Å². The predicted octanol–water partition coefficient (Wildman–Crippen LogP) is 1.39. The average molecular weight is 357 g/mol. The van der Waals surface area contributed by atoms with Gasteiger partial charge in [-0.1, -0.05) is 6.07 Å². The second kappa shape index (κ2) is 5.94. The van der Waals surface area contributed by atoms with Crippen molar-refractivity contribution in [2.24, 2.45) is 0 Å². The Labute approximate surface area is 147 Å². The van der Waals surface area contributed by atoms with Crippen LogP contribution in [-0.4, -0.2) is 53.9 Å². The Hall–Kier alpha value is -3.23. The highest BCUT2D eigenvalue weighted by atomic mass is 19.1.